The Kier molecular flexibility index (Phi) is 6.57. The molecule has 1 amide bonds. The number of amides is 1. The van der Waals surface area contributed by atoms with Crippen LogP contribution in [-0.4, -0.2) is 39.7 Å². The van der Waals surface area contributed by atoms with E-state index in [9.17, 15) is 9.59 Å². The van der Waals surface area contributed by atoms with Crippen molar-refractivity contribution in [3.05, 3.63) is 33.4 Å². The molecule has 6 nitrogen and oxygen atoms in total. The molecule has 0 aliphatic heterocycles. The lowest BCUT2D eigenvalue weighted by atomic mass is 9.89. The summed E-state index contributed by atoms with van der Waals surface area (Å²) in [5, 5.41) is 9.96. The van der Waals surface area contributed by atoms with Crippen molar-refractivity contribution in [3.8, 4) is 6.07 Å². The Morgan fingerprint density at radius 2 is 2.36 bits per heavy atom. The van der Waals surface area contributed by atoms with Gasteiger partial charge < -0.3 is 4.90 Å². The van der Waals surface area contributed by atoms with Gasteiger partial charge in [-0.2, -0.15) is 5.26 Å². The predicted octanol–water partition coefficient (Wildman–Crippen LogP) is 3.23. The van der Waals surface area contributed by atoms with Crippen LogP contribution in [0.4, 0.5) is 0 Å². The molecule has 0 spiro atoms. The van der Waals surface area contributed by atoms with Crippen LogP contribution in [0.2, 0.25) is 0 Å². The van der Waals surface area contributed by atoms with Crippen molar-refractivity contribution in [2.75, 3.05) is 19.3 Å². The molecule has 2 aromatic heterocycles. The molecule has 28 heavy (non-hydrogen) atoms. The highest BCUT2D eigenvalue weighted by Crippen LogP contribution is 2.36. The first-order valence-electron chi connectivity index (χ1n) is 9.36. The highest BCUT2D eigenvalue weighted by molar-refractivity contribution is 7.99. The van der Waals surface area contributed by atoms with Gasteiger partial charge in [0.05, 0.1) is 23.6 Å². The van der Waals surface area contributed by atoms with Crippen LogP contribution in [0, 0.1) is 17.2 Å². The minimum absolute atomic E-state index is 0.0373. The molecule has 1 aliphatic carbocycles. The van der Waals surface area contributed by atoms with Gasteiger partial charge in [0.25, 0.3) is 5.56 Å². The number of hydrogen-bond acceptors (Lipinski definition) is 6. The third-order valence-corrected chi connectivity index (χ3v) is 7.11. The molecule has 0 N–H and O–H groups in total. The molecule has 0 fully saturated rings. The summed E-state index contributed by atoms with van der Waals surface area (Å²) in [5.74, 6) is 0.726. The number of carbonyl (C=O) groups excluding carboxylic acids is 1. The van der Waals surface area contributed by atoms with Gasteiger partial charge in [-0.1, -0.05) is 24.8 Å². The molecule has 1 aliphatic rings. The van der Waals surface area contributed by atoms with Gasteiger partial charge in [0.15, 0.2) is 5.16 Å². The quantitative estimate of drug-likeness (QED) is 0.393. The van der Waals surface area contributed by atoms with Crippen molar-refractivity contribution in [1.29, 1.82) is 5.26 Å². The maximum Gasteiger partial charge on any atom is 0.263 e. The highest BCUT2D eigenvalue weighted by Gasteiger charge is 2.24. The summed E-state index contributed by atoms with van der Waals surface area (Å²) in [5.41, 5.74) is 1.13. The summed E-state index contributed by atoms with van der Waals surface area (Å²) in [6, 6.07) is 2.04. The van der Waals surface area contributed by atoms with E-state index in [0.29, 0.717) is 30.6 Å². The van der Waals surface area contributed by atoms with Gasteiger partial charge in [0.1, 0.15) is 4.83 Å². The average Bonchev–Trinajstić information content (AvgIpc) is 3.03. The number of allylic oxidation sites excluding steroid dienone is 1. The zero-order valence-electron chi connectivity index (χ0n) is 16.2. The summed E-state index contributed by atoms with van der Waals surface area (Å²) in [6.07, 6.45) is 5.01. The fraction of sp³-hybridized carbons (Fsp3) is 0.500. The van der Waals surface area contributed by atoms with E-state index in [2.05, 4.69) is 13.5 Å². The second kappa shape index (κ2) is 8.93. The van der Waals surface area contributed by atoms with E-state index in [1.807, 2.05) is 6.07 Å². The summed E-state index contributed by atoms with van der Waals surface area (Å²) >= 11 is 2.88. The van der Waals surface area contributed by atoms with Crippen molar-refractivity contribution < 1.29 is 4.79 Å². The van der Waals surface area contributed by atoms with E-state index < -0.39 is 0 Å². The van der Waals surface area contributed by atoms with Gasteiger partial charge in [-0.3, -0.25) is 14.2 Å². The lowest BCUT2D eigenvalue weighted by molar-refractivity contribution is -0.127. The van der Waals surface area contributed by atoms with Crippen LogP contribution in [0.1, 0.15) is 30.2 Å². The lowest BCUT2D eigenvalue weighted by Crippen LogP contribution is -2.30. The number of hydrogen-bond donors (Lipinski definition) is 0. The van der Waals surface area contributed by atoms with Crippen LogP contribution in [-0.2, 0) is 24.2 Å². The Bertz CT molecular complexity index is 1000. The molecular weight excluding hydrogens is 392 g/mol. The number of nitrogens with zero attached hydrogens (tertiary/aromatic N) is 4. The Morgan fingerprint density at radius 1 is 1.57 bits per heavy atom. The average molecular weight is 417 g/mol. The molecule has 0 saturated carbocycles. The number of thioether (sulfide) groups is 1. The molecule has 1 atom stereocenters. The summed E-state index contributed by atoms with van der Waals surface area (Å²) in [7, 11) is 1.68. The largest absolute Gasteiger partial charge is 0.344 e. The zero-order chi connectivity index (χ0) is 20.3. The Balaban J connectivity index is 1.92. The second-order valence-electron chi connectivity index (χ2n) is 7.14. The molecule has 0 radical (unpaired) electrons. The number of fused-ring (bicyclic) bond motifs is 3. The van der Waals surface area contributed by atoms with Crippen molar-refractivity contribution >= 4 is 39.2 Å². The van der Waals surface area contributed by atoms with Crippen LogP contribution in [0.25, 0.3) is 10.2 Å². The van der Waals surface area contributed by atoms with Crippen LogP contribution >= 0.6 is 23.1 Å². The van der Waals surface area contributed by atoms with Crippen molar-refractivity contribution in [2.45, 2.75) is 44.3 Å². The number of aryl methyl sites for hydroxylation is 1. The zero-order valence-corrected chi connectivity index (χ0v) is 17.9. The van der Waals surface area contributed by atoms with E-state index in [4.69, 9.17) is 10.2 Å². The fourth-order valence-electron chi connectivity index (χ4n) is 3.38. The van der Waals surface area contributed by atoms with Gasteiger partial charge in [0, 0.05) is 25.0 Å². The number of rotatable bonds is 7. The second-order valence-corrected chi connectivity index (χ2v) is 9.17. The number of nitriles is 1. The molecular formula is C20H24N4O2S2. The summed E-state index contributed by atoms with van der Waals surface area (Å²) in [6.45, 7) is 6.77. The first kappa shape index (κ1) is 20.6. The normalized spacial score (nSPS) is 15.8. The van der Waals surface area contributed by atoms with Crippen LogP contribution in [0.5, 0.6) is 0 Å². The SMILES string of the molecule is C=CCn1c(SCC(=O)N(C)CCC#N)nc2sc3c(c2c1=O)CCC(C)C3. The molecule has 2 heterocycles. The minimum atomic E-state index is -0.0842. The van der Waals surface area contributed by atoms with Crippen molar-refractivity contribution in [2.24, 2.45) is 5.92 Å². The fourth-order valence-corrected chi connectivity index (χ4v) is 5.76. The molecule has 8 heteroatoms. The first-order chi connectivity index (χ1) is 13.5. The maximum absolute atomic E-state index is 13.2. The lowest BCUT2D eigenvalue weighted by Gasteiger charge is -2.18. The molecule has 2 aromatic rings. The van der Waals surface area contributed by atoms with E-state index >= 15 is 0 Å². The molecule has 0 saturated heterocycles. The Hall–Kier alpha value is -2.11. The topological polar surface area (TPSA) is 79.0 Å². The van der Waals surface area contributed by atoms with Gasteiger partial charge >= 0.3 is 0 Å². The minimum Gasteiger partial charge on any atom is -0.344 e. The van der Waals surface area contributed by atoms with Gasteiger partial charge in [-0.25, -0.2) is 4.98 Å². The molecule has 148 valence electrons. The van der Waals surface area contributed by atoms with Crippen LogP contribution in [0.3, 0.4) is 0 Å². The summed E-state index contributed by atoms with van der Waals surface area (Å²) < 4.78 is 1.62. The number of aromatic nitrogens is 2. The van der Waals surface area contributed by atoms with Crippen LogP contribution in [0.15, 0.2) is 22.6 Å². The summed E-state index contributed by atoms with van der Waals surface area (Å²) in [4.78, 5) is 33.8. The maximum atomic E-state index is 13.2. The third-order valence-electron chi connectivity index (χ3n) is 5.00. The van der Waals surface area contributed by atoms with Crippen molar-refractivity contribution in [3.63, 3.8) is 0 Å². The van der Waals surface area contributed by atoms with E-state index in [1.54, 1.807) is 29.0 Å². The van der Waals surface area contributed by atoms with Gasteiger partial charge in [-0.15, -0.1) is 17.9 Å². The van der Waals surface area contributed by atoms with Gasteiger partial charge in [0.2, 0.25) is 5.91 Å². The standard InChI is InChI=1S/C20H24N4O2S2/c1-4-9-24-19(26)17-14-7-6-13(2)11-15(14)28-18(17)22-20(24)27-12-16(25)23(3)10-5-8-21/h4,13H,1,5-7,9-12H2,2-3H3. The van der Waals surface area contributed by atoms with E-state index in [0.717, 1.165) is 35.0 Å². The van der Waals surface area contributed by atoms with E-state index in [-0.39, 0.29) is 17.2 Å². The smallest absolute Gasteiger partial charge is 0.263 e. The van der Waals surface area contributed by atoms with E-state index in [1.165, 1.54) is 21.5 Å². The molecule has 3 rings (SSSR count). The molecule has 0 bridgehead atoms. The Labute approximate surface area is 172 Å². The Morgan fingerprint density at radius 3 is 3.07 bits per heavy atom. The van der Waals surface area contributed by atoms with Crippen molar-refractivity contribution in [1.82, 2.24) is 14.5 Å². The third kappa shape index (κ3) is 4.15. The number of carbonyl (C=O) groups is 1. The monoisotopic (exact) mass is 416 g/mol. The number of thiophene rings is 1. The first-order valence-corrected chi connectivity index (χ1v) is 11.2. The van der Waals surface area contributed by atoms with Crippen LogP contribution < -0.4 is 5.56 Å². The van der Waals surface area contributed by atoms with Gasteiger partial charge in [-0.05, 0) is 30.7 Å². The highest BCUT2D eigenvalue weighted by atomic mass is 32.2. The molecule has 1 unspecified atom stereocenters. The predicted molar refractivity (Wildman–Crippen MR) is 114 cm³/mol. The molecule has 0 aromatic carbocycles.